The maximum absolute atomic E-state index is 12.1. The summed E-state index contributed by atoms with van der Waals surface area (Å²) < 4.78 is 86.6. The third-order valence-corrected chi connectivity index (χ3v) is 9.28. The monoisotopic (exact) mass is 399 g/mol. The lowest BCUT2D eigenvalue weighted by Crippen LogP contribution is -2.41. The van der Waals surface area contributed by atoms with E-state index in [4.69, 9.17) is 4.43 Å². The van der Waals surface area contributed by atoms with E-state index in [9.17, 15) is 30.0 Å². The molecule has 0 aromatic heterocycles. The first-order valence-corrected chi connectivity index (χ1v) is 13.4. The first-order valence-electron chi connectivity index (χ1n) is 7.10. The van der Waals surface area contributed by atoms with Crippen LogP contribution in [0.3, 0.4) is 0 Å². The predicted octanol–water partition coefficient (Wildman–Crippen LogP) is 2.56. The van der Waals surface area contributed by atoms with Crippen LogP contribution in [0.25, 0.3) is 0 Å². The van der Waals surface area contributed by atoms with Gasteiger partial charge in [0.15, 0.2) is 8.32 Å². The SMILES string of the molecule is CO[Si](C)(C)CCCCCCCS(=O)(=O)NS(=O)(=O)C(F)(F)F. The van der Waals surface area contributed by atoms with Crippen LogP contribution in [0, 0.1) is 0 Å². The van der Waals surface area contributed by atoms with E-state index in [1.165, 1.54) is 0 Å². The molecule has 0 unspecified atom stereocenters. The lowest BCUT2D eigenvalue weighted by Gasteiger charge is -2.19. The molecule has 0 aliphatic heterocycles. The molecule has 0 saturated carbocycles. The molecular formula is C11H24F3NO5S2Si. The summed E-state index contributed by atoms with van der Waals surface area (Å²) in [5, 5.41) is 0. The van der Waals surface area contributed by atoms with Crippen LogP contribution < -0.4 is 4.13 Å². The van der Waals surface area contributed by atoms with Gasteiger partial charge in [-0.1, -0.05) is 25.7 Å². The average molecular weight is 400 g/mol. The summed E-state index contributed by atoms with van der Waals surface area (Å²) in [5.41, 5.74) is -5.64. The Morgan fingerprint density at radius 1 is 0.957 bits per heavy atom. The van der Waals surface area contributed by atoms with Crippen molar-refractivity contribution in [2.45, 2.75) is 56.8 Å². The van der Waals surface area contributed by atoms with Gasteiger partial charge in [0.1, 0.15) is 0 Å². The van der Waals surface area contributed by atoms with Crippen molar-refractivity contribution in [3.05, 3.63) is 0 Å². The Labute approximate surface area is 137 Å². The zero-order chi connectivity index (χ0) is 18.4. The van der Waals surface area contributed by atoms with Crippen LogP contribution in [0.2, 0.25) is 19.1 Å². The molecule has 0 amide bonds. The largest absolute Gasteiger partial charge is 0.512 e. The minimum atomic E-state index is -5.87. The molecule has 0 aliphatic carbocycles. The summed E-state index contributed by atoms with van der Waals surface area (Å²) in [4.78, 5) is 0. The van der Waals surface area contributed by atoms with Crippen molar-refractivity contribution in [3.8, 4) is 0 Å². The number of alkyl halides is 3. The summed E-state index contributed by atoms with van der Waals surface area (Å²) in [6.07, 6.45) is 3.15. The van der Waals surface area contributed by atoms with Crippen molar-refractivity contribution in [3.63, 3.8) is 0 Å². The Morgan fingerprint density at radius 3 is 1.91 bits per heavy atom. The number of sulfonamides is 2. The van der Waals surface area contributed by atoms with Crippen LogP contribution in [0.1, 0.15) is 32.1 Å². The standard InChI is InChI=1S/C11H24F3NO5S2Si/c1-20-23(2,3)10-8-6-4-5-7-9-21(16,17)15-22(18,19)11(12,13)14/h15H,4-10H2,1-3H3. The molecule has 6 nitrogen and oxygen atoms in total. The van der Waals surface area contributed by atoms with E-state index in [0.29, 0.717) is 10.5 Å². The number of halogens is 3. The molecule has 140 valence electrons. The van der Waals surface area contributed by atoms with Crippen molar-refractivity contribution >= 4 is 28.4 Å². The molecule has 0 bridgehead atoms. The molecule has 0 spiro atoms. The van der Waals surface area contributed by atoms with Gasteiger partial charge in [-0.05, 0) is 25.6 Å². The van der Waals surface area contributed by atoms with E-state index in [1.54, 1.807) is 7.11 Å². The van der Waals surface area contributed by atoms with Gasteiger partial charge in [-0.3, -0.25) is 0 Å². The fourth-order valence-electron chi connectivity index (χ4n) is 1.73. The molecule has 0 rings (SSSR count). The molecule has 0 atom stereocenters. The molecule has 0 heterocycles. The van der Waals surface area contributed by atoms with Gasteiger partial charge in [-0.15, -0.1) is 4.13 Å². The average Bonchev–Trinajstić information content (AvgIpc) is 2.34. The maximum atomic E-state index is 12.1. The number of hydrogen-bond acceptors (Lipinski definition) is 5. The normalized spacial score (nSPS) is 14.2. The summed E-state index contributed by atoms with van der Waals surface area (Å²) >= 11 is 0. The third-order valence-electron chi connectivity index (χ3n) is 3.29. The van der Waals surface area contributed by atoms with E-state index in [2.05, 4.69) is 13.1 Å². The van der Waals surface area contributed by atoms with E-state index < -0.39 is 39.6 Å². The highest BCUT2D eigenvalue weighted by molar-refractivity contribution is 8.05. The van der Waals surface area contributed by atoms with E-state index >= 15 is 0 Å². The van der Waals surface area contributed by atoms with Gasteiger partial charge in [-0.25, -0.2) is 16.8 Å². The van der Waals surface area contributed by atoms with Crippen molar-refractivity contribution in [2.75, 3.05) is 12.9 Å². The van der Waals surface area contributed by atoms with Crippen molar-refractivity contribution < 1.29 is 34.4 Å². The van der Waals surface area contributed by atoms with Gasteiger partial charge in [0.25, 0.3) is 0 Å². The highest BCUT2D eigenvalue weighted by Crippen LogP contribution is 2.22. The third kappa shape index (κ3) is 9.64. The molecule has 0 aliphatic rings. The van der Waals surface area contributed by atoms with E-state index in [-0.39, 0.29) is 6.42 Å². The van der Waals surface area contributed by atoms with Gasteiger partial charge in [0.05, 0.1) is 5.75 Å². The predicted molar refractivity (Wildman–Crippen MR) is 84.3 cm³/mol. The highest BCUT2D eigenvalue weighted by atomic mass is 32.3. The van der Waals surface area contributed by atoms with Crippen LogP contribution in [0.15, 0.2) is 0 Å². The fraction of sp³-hybridized carbons (Fsp3) is 1.00. The van der Waals surface area contributed by atoms with Gasteiger partial charge in [-0.2, -0.15) is 13.2 Å². The maximum Gasteiger partial charge on any atom is 0.512 e. The molecule has 1 N–H and O–H groups in total. The minimum absolute atomic E-state index is 0.105. The second kappa shape index (κ2) is 8.79. The lowest BCUT2D eigenvalue weighted by molar-refractivity contribution is -0.0441. The summed E-state index contributed by atoms with van der Waals surface area (Å²) in [6.45, 7) is 4.18. The molecule has 0 radical (unpaired) electrons. The van der Waals surface area contributed by atoms with Crippen molar-refractivity contribution in [1.29, 1.82) is 0 Å². The van der Waals surface area contributed by atoms with Gasteiger partial charge in [0.2, 0.25) is 10.0 Å². The topological polar surface area (TPSA) is 89.5 Å². The number of nitrogens with one attached hydrogen (secondary N) is 1. The fourth-order valence-corrected chi connectivity index (χ4v) is 5.67. The van der Waals surface area contributed by atoms with Gasteiger partial charge in [0, 0.05) is 7.11 Å². The van der Waals surface area contributed by atoms with Gasteiger partial charge < -0.3 is 4.43 Å². The molecule has 12 heteroatoms. The second-order valence-corrected chi connectivity index (χ2v) is 14.0. The quantitative estimate of drug-likeness (QED) is 0.426. The Balaban J connectivity index is 4.06. The zero-order valence-corrected chi connectivity index (χ0v) is 16.1. The first-order chi connectivity index (χ1) is 10.2. The number of unbranched alkanes of at least 4 members (excludes halogenated alkanes) is 4. The molecule has 0 aromatic rings. The van der Waals surface area contributed by atoms with Crippen LogP contribution in [0.5, 0.6) is 0 Å². The zero-order valence-electron chi connectivity index (χ0n) is 13.4. The summed E-state index contributed by atoms with van der Waals surface area (Å²) in [7, 11) is -10.3. The number of hydrogen-bond donors (Lipinski definition) is 1. The Morgan fingerprint density at radius 2 is 1.43 bits per heavy atom. The molecule has 0 aromatic carbocycles. The van der Waals surface area contributed by atoms with E-state index in [0.717, 1.165) is 25.3 Å². The highest BCUT2D eigenvalue weighted by Gasteiger charge is 2.48. The van der Waals surface area contributed by atoms with Crippen molar-refractivity contribution in [1.82, 2.24) is 4.13 Å². The molecule has 23 heavy (non-hydrogen) atoms. The minimum Gasteiger partial charge on any atom is -0.420 e. The number of rotatable bonds is 11. The second-order valence-electron chi connectivity index (χ2n) is 5.83. The van der Waals surface area contributed by atoms with Crippen LogP contribution in [-0.2, 0) is 24.5 Å². The van der Waals surface area contributed by atoms with E-state index in [1.807, 2.05) is 0 Å². The van der Waals surface area contributed by atoms with Crippen LogP contribution in [0.4, 0.5) is 13.2 Å². The Hall–Kier alpha value is -0.173. The first kappa shape index (κ1) is 22.8. The summed E-state index contributed by atoms with van der Waals surface area (Å²) in [6, 6.07) is 0.979. The molecule has 0 fully saturated rings. The van der Waals surface area contributed by atoms with Gasteiger partial charge >= 0.3 is 15.5 Å². The Kier molecular flexibility index (Phi) is 8.72. The van der Waals surface area contributed by atoms with Crippen molar-refractivity contribution in [2.24, 2.45) is 0 Å². The smallest absolute Gasteiger partial charge is 0.420 e. The van der Waals surface area contributed by atoms with Crippen LogP contribution in [-0.4, -0.2) is 43.5 Å². The molecule has 0 saturated heterocycles. The summed E-state index contributed by atoms with van der Waals surface area (Å²) in [5.74, 6) is -0.652. The lowest BCUT2D eigenvalue weighted by atomic mass is 10.2. The molecular weight excluding hydrogens is 375 g/mol. The Bertz CT molecular complexity index is 561. The van der Waals surface area contributed by atoms with Crippen LogP contribution >= 0.6 is 0 Å².